The molecule has 0 bridgehead atoms. The minimum absolute atomic E-state index is 0.365. The molecule has 1 unspecified atom stereocenters. The van der Waals surface area contributed by atoms with Crippen molar-refractivity contribution in [2.45, 2.75) is 77.2 Å². The molecule has 2 N–H and O–H groups in total. The number of thiophene rings is 1. The monoisotopic (exact) mass is 267 g/mol. The largest absolute Gasteiger partial charge is 0.327 e. The van der Waals surface area contributed by atoms with E-state index in [0.717, 1.165) is 6.42 Å². The maximum atomic E-state index is 6.15. The van der Waals surface area contributed by atoms with E-state index in [0.29, 0.717) is 6.04 Å². The zero-order valence-corrected chi connectivity index (χ0v) is 12.7. The van der Waals surface area contributed by atoms with E-state index in [4.69, 9.17) is 5.73 Å². The lowest BCUT2D eigenvalue weighted by Crippen LogP contribution is -2.22. The van der Waals surface area contributed by atoms with Gasteiger partial charge in [0.1, 0.15) is 0 Å². The SMILES string of the molecule is CCCCCCCCCCC(N)Cc1cccs1. The van der Waals surface area contributed by atoms with Gasteiger partial charge in [0.25, 0.3) is 0 Å². The summed E-state index contributed by atoms with van der Waals surface area (Å²) in [6.07, 6.45) is 13.3. The van der Waals surface area contributed by atoms with Crippen LogP contribution in [0.3, 0.4) is 0 Å². The van der Waals surface area contributed by atoms with Gasteiger partial charge < -0.3 is 5.73 Å². The number of hydrogen-bond acceptors (Lipinski definition) is 2. The van der Waals surface area contributed by atoms with Crippen LogP contribution in [0.25, 0.3) is 0 Å². The number of hydrogen-bond donors (Lipinski definition) is 1. The van der Waals surface area contributed by atoms with Crippen LogP contribution in [0.15, 0.2) is 17.5 Å². The zero-order chi connectivity index (χ0) is 13.1. The van der Waals surface area contributed by atoms with Crippen molar-refractivity contribution in [3.05, 3.63) is 22.4 Å². The molecule has 0 aliphatic heterocycles. The van der Waals surface area contributed by atoms with Crippen molar-refractivity contribution in [1.29, 1.82) is 0 Å². The molecule has 0 saturated heterocycles. The summed E-state index contributed by atoms with van der Waals surface area (Å²) < 4.78 is 0. The molecule has 1 aromatic heterocycles. The summed E-state index contributed by atoms with van der Waals surface area (Å²) in [5.41, 5.74) is 6.15. The fraction of sp³-hybridized carbons (Fsp3) is 0.750. The van der Waals surface area contributed by atoms with E-state index in [1.165, 1.54) is 62.7 Å². The second-order valence-electron chi connectivity index (χ2n) is 5.31. The average molecular weight is 267 g/mol. The molecule has 0 radical (unpaired) electrons. The summed E-state index contributed by atoms with van der Waals surface area (Å²) in [7, 11) is 0. The number of nitrogens with two attached hydrogens (primary N) is 1. The first-order valence-electron chi connectivity index (χ1n) is 7.61. The minimum Gasteiger partial charge on any atom is -0.327 e. The second-order valence-corrected chi connectivity index (χ2v) is 6.34. The van der Waals surface area contributed by atoms with Crippen LogP contribution in [0.1, 0.15) is 69.6 Å². The van der Waals surface area contributed by atoms with Crippen LogP contribution >= 0.6 is 11.3 Å². The lowest BCUT2D eigenvalue weighted by Gasteiger charge is -2.09. The van der Waals surface area contributed by atoms with Crippen molar-refractivity contribution in [2.75, 3.05) is 0 Å². The lowest BCUT2D eigenvalue weighted by molar-refractivity contribution is 0.526. The fourth-order valence-corrected chi connectivity index (χ4v) is 3.13. The Morgan fingerprint density at radius 2 is 1.72 bits per heavy atom. The van der Waals surface area contributed by atoms with Gasteiger partial charge in [0, 0.05) is 10.9 Å². The zero-order valence-electron chi connectivity index (χ0n) is 11.9. The van der Waals surface area contributed by atoms with Gasteiger partial charge in [-0.25, -0.2) is 0 Å². The molecule has 0 aromatic carbocycles. The van der Waals surface area contributed by atoms with E-state index >= 15 is 0 Å². The summed E-state index contributed by atoms with van der Waals surface area (Å²) in [5, 5.41) is 2.14. The molecule has 1 aromatic rings. The molecule has 0 spiro atoms. The van der Waals surface area contributed by atoms with E-state index in [9.17, 15) is 0 Å². The van der Waals surface area contributed by atoms with Gasteiger partial charge in [-0.2, -0.15) is 0 Å². The Hall–Kier alpha value is -0.340. The van der Waals surface area contributed by atoms with Crippen LogP contribution in [-0.2, 0) is 6.42 Å². The van der Waals surface area contributed by atoms with E-state index in [2.05, 4.69) is 24.4 Å². The fourth-order valence-electron chi connectivity index (χ4n) is 2.33. The maximum absolute atomic E-state index is 6.15. The summed E-state index contributed by atoms with van der Waals surface area (Å²) >= 11 is 1.83. The van der Waals surface area contributed by atoms with Crippen molar-refractivity contribution < 1.29 is 0 Å². The van der Waals surface area contributed by atoms with Crippen molar-refractivity contribution >= 4 is 11.3 Å². The molecule has 1 heterocycles. The summed E-state index contributed by atoms with van der Waals surface area (Å²) in [4.78, 5) is 1.43. The van der Waals surface area contributed by atoms with Crippen LogP contribution in [0, 0.1) is 0 Å². The first-order chi connectivity index (χ1) is 8.83. The van der Waals surface area contributed by atoms with Crippen LogP contribution in [0.4, 0.5) is 0 Å². The van der Waals surface area contributed by atoms with Crippen LogP contribution < -0.4 is 5.73 Å². The normalized spacial score (nSPS) is 12.8. The van der Waals surface area contributed by atoms with Crippen molar-refractivity contribution in [3.63, 3.8) is 0 Å². The standard InChI is InChI=1S/C16H29NS/c1-2-3-4-5-6-7-8-9-11-15(17)14-16-12-10-13-18-16/h10,12-13,15H,2-9,11,14,17H2,1H3. The molecule has 1 atom stereocenters. The highest BCUT2D eigenvalue weighted by Gasteiger charge is 2.04. The smallest absolute Gasteiger partial charge is 0.00871 e. The molecule has 1 rings (SSSR count). The second kappa shape index (κ2) is 10.6. The van der Waals surface area contributed by atoms with Crippen molar-refractivity contribution in [2.24, 2.45) is 5.73 Å². The Kier molecular flexibility index (Phi) is 9.23. The third kappa shape index (κ3) is 7.88. The molecule has 18 heavy (non-hydrogen) atoms. The number of unbranched alkanes of at least 4 members (excludes halogenated alkanes) is 7. The van der Waals surface area contributed by atoms with Gasteiger partial charge in [-0.05, 0) is 24.3 Å². The lowest BCUT2D eigenvalue weighted by atomic mass is 10.0. The predicted molar refractivity (Wildman–Crippen MR) is 83.2 cm³/mol. The summed E-state index contributed by atoms with van der Waals surface area (Å²) in [5.74, 6) is 0. The molecule has 1 nitrogen and oxygen atoms in total. The first kappa shape index (κ1) is 15.7. The van der Waals surface area contributed by atoms with Gasteiger partial charge in [-0.15, -0.1) is 11.3 Å². The highest BCUT2D eigenvalue weighted by Crippen LogP contribution is 2.14. The van der Waals surface area contributed by atoms with E-state index < -0.39 is 0 Å². The first-order valence-corrected chi connectivity index (χ1v) is 8.49. The van der Waals surface area contributed by atoms with Gasteiger partial charge in [-0.3, -0.25) is 0 Å². The average Bonchev–Trinajstić information content (AvgIpc) is 2.85. The highest BCUT2D eigenvalue weighted by atomic mass is 32.1. The Morgan fingerprint density at radius 1 is 1.06 bits per heavy atom. The maximum Gasteiger partial charge on any atom is 0.00871 e. The minimum atomic E-state index is 0.365. The predicted octanol–water partition coefficient (Wildman–Crippen LogP) is 5.15. The van der Waals surface area contributed by atoms with Crippen molar-refractivity contribution in [1.82, 2.24) is 0 Å². The molecule has 2 heteroatoms. The molecule has 0 aliphatic rings. The van der Waals surface area contributed by atoms with E-state index in [1.54, 1.807) is 0 Å². The van der Waals surface area contributed by atoms with Crippen LogP contribution in [0.2, 0.25) is 0 Å². The van der Waals surface area contributed by atoms with Crippen molar-refractivity contribution in [3.8, 4) is 0 Å². The number of rotatable bonds is 11. The molecular weight excluding hydrogens is 238 g/mol. The molecular formula is C16H29NS. The van der Waals surface area contributed by atoms with E-state index in [-0.39, 0.29) is 0 Å². The summed E-state index contributed by atoms with van der Waals surface area (Å²) in [6, 6.07) is 4.67. The third-order valence-corrected chi connectivity index (χ3v) is 4.37. The molecule has 0 amide bonds. The van der Waals surface area contributed by atoms with Gasteiger partial charge in [0.2, 0.25) is 0 Å². The Bertz CT molecular complexity index is 269. The van der Waals surface area contributed by atoms with E-state index in [1.807, 2.05) is 11.3 Å². The Labute approximate surface area is 117 Å². The van der Waals surface area contributed by atoms with Crippen LogP contribution in [0.5, 0.6) is 0 Å². The molecule has 0 fully saturated rings. The Morgan fingerprint density at radius 3 is 2.33 bits per heavy atom. The third-order valence-electron chi connectivity index (χ3n) is 3.47. The molecule has 0 saturated carbocycles. The van der Waals surface area contributed by atoms with Gasteiger partial charge >= 0.3 is 0 Å². The molecule has 0 aliphatic carbocycles. The Balaban J connectivity index is 1.88. The van der Waals surface area contributed by atoms with Crippen LogP contribution in [-0.4, -0.2) is 6.04 Å². The highest BCUT2D eigenvalue weighted by molar-refractivity contribution is 7.09. The summed E-state index contributed by atoms with van der Waals surface area (Å²) in [6.45, 7) is 2.27. The quantitative estimate of drug-likeness (QED) is 0.551. The molecule has 104 valence electrons. The van der Waals surface area contributed by atoms with Gasteiger partial charge in [-0.1, -0.05) is 64.4 Å². The van der Waals surface area contributed by atoms with Gasteiger partial charge in [0.05, 0.1) is 0 Å². The topological polar surface area (TPSA) is 26.0 Å². The van der Waals surface area contributed by atoms with Gasteiger partial charge in [0.15, 0.2) is 0 Å².